The lowest BCUT2D eigenvalue weighted by Gasteiger charge is -2.20. The van der Waals surface area contributed by atoms with Crippen molar-refractivity contribution in [3.05, 3.63) is 209 Å². The van der Waals surface area contributed by atoms with Gasteiger partial charge in [0.2, 0.25) is 11.9 Å². The van der Waals surface area contributed by atoms with Gasteiger partial charge in [-0.1, -0.05) is 82.0 Å². The molecular weight excluding hydrogens is 1070 g/mol. The molecule has 0 radical (unpaired) electrons. The highest BCUT2D eigenvalue weighted by Gasteiger charge is 2.45. The summed E-state index contributed by atoms with van der Waals surface area (Å²) in [5.74, 6) is -0.826. The minimum absolute atomic E-state index is 0.00554. The van der Waals surface area contributed by atoms with Crippen molar-refractivity contribution in [3.63, 3.8) is 0 Å². The molecule has 84 heavy (non-hydrogen) atoms. The third-order valence-corrected chi connectivity index (χ3v) is 13.3. The number of carbonyl (C=O) groups is 2. The average Bonchev–Trinajstić information content (AvgIpc) is 3.92. The summed E-state index contributed by atoms with van der Waals surface area (Å²) in [5, 5.41) is 44.4. The summed E-state index contributed by atoms with van der Waals surface area (Å²) in [7, 11) is 1.60. The van der Waals surface area contributed by atoms with E-state index in [0.29, 0.717) is 82.8 Å². The molecule has 23 heteroatoms. The van der Waals surface area contributed by atoms with Gasteiger partial charge in [-0.3, -0.25) is 30.2 Å². The van der Waals surface area contributed by atoms with Crippen LogP contribution in [0.1, 0.15) is 53.2 Å². The van der Waals surface area contributed by atoms with E-state index in [4.69, 9.17) is 19.2 Å². The van der Waals surface area contributed by atoms with Crippen molar-refractivity contribution >= 4 is 23.7 Å². The number of ether oxygens (including phenoxy) is 3. The van der Waals surface area contributed by atoms with Crippen LogP contribution in [0.2, 0.25) is 0 Å². The second-order valence-electron chi connectivity index (χ2n) is 19.4. The number of anilines is 2. The van der Waals surface area contributed by atoms with Gasteiger partial charge in [0, 0.05) is 24.7 Å². The van der Waals surface area contributed by atoms with E-state index in [9.17, 15) is 20.0 Å². The Balaban J connectivity index is 0.788. The monoisotopic (exact) mass is 1120 g/mol. The number of pyridine rings is 2. The van der Waals surface area contributed by atoms with E-state index in [1.54, 1.807) is 138 Å². The number of aromatic nitrogens is 12. The Morgan fingerprint density at radius 3 is 1.88 bits per heavy atom. The number of amides is 2. The van der Waals surface area contributed by atoms with Gasteiger partial charge >= 0.3 is 6.07 Å². The standard InChI is InChI=1S/C61H49FN16O6/c1-82-36-45-17-10-15-43(65-45)32-77-35-54(74-75-77)52-28-50(68-60(70-52)72-57(80)38-84-47-20-6-3-7-21-47)48-22-9-14-41(58(48)62)31-64-42-24-25-61(81,29-42)55-23-11-16-44(66-55)33-78-34-53(73-76-78)51-27-49(40-13-8-12-39(26-40)30-63)67-59(69-51)71-56(79)37-83-46-18-4-2-5-19-46/h2-23,26-28,34-35,42,81H,24-25,29,32-33,36-38H2,1H3,(H-,67,68,69,70,71,72,79,80)/p+1. The zero-order chi connectivity index (χ0) is 57.8. The Morgan fingerprint density at radius 2 is 1.24 bits per heavy atom. The van der Waals surface area contributed by atoms with Gasteiger partial charge in [-0.05, 0) is 91.3 Å². The maximum absolute atomic E-state index is 16.7. The lowest BCUT2D eigenvalue weighted by molar-refractivity contribution is -0.118. The number of hydrogen-bond acceptors (Lipinski definition) is 17. The Labute approximate surface area is 479 Å². The number of hydrogen-bond donors (Lipinski definition) is 3. The van der Waals surface area contributed by atoms with Gasteiger partial charge in [-0.25, -0.2) is 33.7 Å². The molecule has 10 aromatic rings. The molecular formula is C61H50FN16O6+. The van der Waals surface area contributed by atoms with Gasteiger partial charge in [0.05, 0.1) is 95.7 Å². The highest BCUT2D eigenvalue weighted by atomic mass is 19.1. The Morgan fingerprint density at radius 1 is 0.667 bits per heavy atom. The number of nitriles is 1. The predicted molar refractivity (Wildman–Crippen MR) is 304 cm³/mol. The molecule has 2 atom stereocenters. The number of carbonyl (C=O) groups excluding carboxylic acids is 2. The number of aliphatic hydroxyl groups is 1. The van der Waals surface area contributed by atoms with Crippen LogP contribution in [0.15, 0.2) is 164 Å². The van der Waals surface area contributed by atoms with Gasteiger partial charge in [0.25, 0.3) is 17.9 Å². The Bertz CT molecular complexity index is 4130. The van der Waals surface area contributed by atoms with Crippen molar-refractivity contribution in [2.24, 2.45) is 0 Å². The smallest absolute Gasteiger partial charge is 0.314 e. The molecule has 0 spiro atoms. The van der Waals surface area contributed by atoms with Crippen LogP contribution in [0.3, 0.4) is 0 Å². The SMILES string of the molecule is COCc1cccc(Cn2cc(-c3cc(-c4cccc(C#[N+]C5CCC(O)(c6cccc(Cn7cc(-c8cc(-c9cccc(C#N)c9)nc(NC(=O)COc9ccccc9)n8)nn7)n6)C5)c4F)nc(NC(=O)COc4ccccc4)n3)nn2)n1. The summed E-state index contributed by atoms with van der Waals surface area (Å²) in [4.78, 5) is 58.6. The van der Waals surface area contributed by atoms with Crippen LogP contribution in [-0.4, -0.2) is 103 Å². The molecule has 416 valence electrons. The van der Waals surface area contributed by atoms with E-state index in [-0.39, 0.29) is 60.6 Å². The maximum atomic E-state index is 16.7. The average molecular weight is 1120 g/mol. The number of nitrogens with one attached hydrogen (secondary N) is 2. The van der Waals surface area contributed by atoms with Crippen molar-refractivity contribution < 1.29 is 33.3 Å². The first kappa shape index (κ1) is 54.9. The molecule has 6 heterocycles. The van der Waals surface area contributed by atoms with E-state index in [2.05, 4.69) is 73.2 Å². The molecule has 0 aliphatic heterocycles. The van der Waals surface area contributed by atoms with E-state index in [0.717, 1.165) is 11.4 Å². The molecule has 4 aromatic carbocycles. The Hall–Kier alpha value is -11.0. The summed E-state index contributed by atoms with van der Waals surface area (Å²) < 4.78 is 36.4. The lowest BCUT2D eigenvalue weighted by atomic mass is 9.96. The molecule has 3 N–H and O–H groups in total. The number of para-hydroxylation sites is 2. The molecule has 1 fully saturated rings. The largest absolute Gasteiger partial charge is 0.484 e. The van der Waals surface area contributed by atoms with Crippen molar-refractivity contribution in [1.82, 2.24) is 59.9 Å². The summed E-state index contributed by atoms with van der Waals surface area (Å²) in [6, 6.07) is 48.2. The highest BCUT2D eigenvalue weighted by Crippen LogP contribution is 2.40. The van der Waals surface area contributed by atoms with Gasteiger partial charge < -0.3 is 19.3 Å². The van der Waals surface area contributed by atoms with E-state index < -0.39 is 29.3 Å². The normalized spacial score (nSPS) is 14.4. The zero-order valence-corrected chi connectivity index (χ0v) is 45.0. The number of halogens is 1. The Kier molecular flexibility index (Phi) is 16.5. The van der Waals surface area contributed by atoms with E-state index >= 15 is 4.39 Å². The van der Waals surface area contributed by atoms with Gasteiger partial charge in [-0.2, -0.15) is 5.26 Å². The minimum Gasteiger partial charge on any atom is -0.484 e. The summed E-state index contributed by atoms with van der Waals surface area (Å²) in [6.07, 6.45) is 4.33. The number of methoxy groups -OCH3 is 1. The summed E-state index contributed by atoms with van der Waals surface area (Å²) in [5.41, 5.74) is 4.17. The summed E-state index contributed by atoms with van der Waals surface area (Å²) >= 11 is 0. The highest BCUT2D eigenvalue weighted by molar-refractivity contribution is 5.91. The molecule has 0 bridgehead atoms. The van der Waals surface area contributed by atoms with E-state index in [1.807, 2.05) is 36.4 Å². The number of nitrogens with zero attached hydrogens (tertiary/aromatic N) is 14. The van der Waals surface area contributed by atoms with Crippen molar-refractivity contribution in [2.45, 2.75) is 50.6 Å². The molecule has 1 saturated carbocycles. The van der Waals surface area contributed by atoms with Crippen LogP contribution >= 0.6 is 0 Å². The van der Waals surface area contributed by atoms with Crippen LogP contribution in [0.25, 0.3) is 50.1 Å². The molecule has 1 aliphatic rings. The van der Waals surface area contributed by atoms with Crippen molar-refractivity contribution in [3.8, 4) is 68.9 Å². The van der Waals surface area contributed by atoms with Crippen LogP contribution in [-0.2, 0) is 39.6 Å². The van der Waals surface area contributed by atoms with Crippen LogP contribution < -0.4 is 20.1 Å². The molecule has 6 aromatic heterocycles. The molecule has 2 unspecified atom stereocenters. The number of rotatable bonds is 19. The lowest BCUT2D eigenvalue weighted by Crippen LogP contribution is -2.24. The first-order valence-corrected chi connectivity index (χ1v) is 26.4. The molecule has 22 nitrogen and oxygen atoms in total. The minimum atomic E-state index is -1.36. The molecule has 2 amide bonds. The quantitative estimate of drug-likeness (QED) is 0.0686. The second-order valence-corrected chi connectivity index (χ2v) is 19.4. The topological polar surface area (TPSA) is 273 Å². The first-order valence-electron chi connectivity index (χ1n) is 26.4. The van der Waals surface area contributed by atoms with Gasteiger partial charge in [0.1, 0.15) is 34.1 Å². The molecule has 0 saturated heterocycles. The molecule has 11 rings (SSSR count). The fourth-order valence-electron chi connectivity index (χ4n) is 9.26. The van der Waals surface area contributed by atoms with Crippen molar-refractivity contribution in [2.75, 3.05) is 31.0 Å². The fraction of sp³-hybridized carbons (Fsp3) is 0.180. The maximum Gasteiger partial charge on any atom is 0.314 e. The van der Waals surface area contributed by atoms with Crippen LogP contribution in [0.5, 0.6) is 11.5 Å². The third-order valence-electron chi connectivity index (χ3n) is 13.3. The number of benzene rings is 4. The molecule has 1 aliphatic carbocycles. The summed E-state index contributed by atoms with van der Waals surface area (Å²) in [6.45, 7) is 0.186. The van der Waals surface area contributed by atoms with E-state index in [1.165, 1.54) is 6.07 Å². The second kappa shape index (κ2) is 25.2. The first-order chi connectivity index (χ1) is 41.0. The van der Waals surface area contributed by atoms with Gasteiger partial charge in [0.15, 0.2) is 19.0 Å². The van der Waals surface area contributed by atoms with Crippen LogP contribution in [0.4, 0.5) is 16.3 Å². The van der Waals surface area contributed by atoms with Gasteiger partial charge in [-0.15, -0.1) is 10.2 Å². The van der Waals surface area contributed by atoms with Crippen LogP contribution in [0, 0.1) is 23.2 Å². The third kappa shape index (κ3) is 13.6. The predicted octanol–water partition coefficient (Wildman–Crippen LogP) is 8.32. The zero-order valence-electron chi connectivity index (χ0n) is 45.0. The van der Waals surface area contributed by atoms with Crippen molar-refractivity contribution in [1.29, 1.82) is 5.26 Å². The fourth-order valence-corrected chi connectivity index (χ4v) is 9.26.